The molecule has 1 amide bonds. The van der Waals surface area contributed by atoms with Gasteiger partial charge in [0.25, 0.3) is 11.5 Å². The summed E-state index contributed by atoms with van der Waals surface area (Å²) in [7, 11) is 0. The van der Waals surface area contributed by atoms with Gasteiger partial charge in [0.1, 0.15) is 23.2 Å². The van der Waals surface area contributed by atoms with Crippen molar-refractivity contribution in [1.82, 2.24) is 29.4 Å². The first-order valence-electron chi connectivity index (χ1n) is 10.2. The number of hydrogen-bond acceptors (Lipinski definition) is 7. The molecule has 0 atom stereocenters. The fourth-order valence-corrected chi connectivity index (χ4v) is 3.62. The van der Waals surface area contributed by atoms with E-state index < -0.39 is 5.91 Å². The van der Waals surface area contributed by atoms with E-state index in [1.807, 2.05) is 62.4 Å². The average molecular weight is 442 g/mol. The monoisotopic (exact) mass is 442 g/mol. The predicted octanol–water partition coefficient (Wildman–Crippen LogP) is 2.06. The highest BCUT2D eigenvalue weighted by Crippen LogP contribution is 2.16. The zero-order valence-electron chi connectivity index (χ0n) is 18.1. The van der Waals surface area contributed by atoms with E-state index in [0.29, 0.717) is 17.3 Å². The van der Waals surface area contributed by atoms with Gasteiger partial charge in [0.05, 0.1) is 22.8 Å². The standard InChI is InChI=1S/C17H16N2O.C6H6N6O/c1-3-15-18-14-11-7-8-12(2)16(14)17(20)19(15)13-9-5-4-6-10-13;7-5-4(6(8)13)3-1-9-10-2-12(3)11-5/h4-11H,3H2,1-2H3;1-2H,(H2,7,11)(H2,8,13). The van der Waals surface area contributed by atoms with Crippen LogP contribution in [0.2, 0.25) is 0 Å². The highest BCUT2D eigenvalue weighted by Gasteiger charge is 2.15. The largest absolute Gasteiger partial charge is 0.382 e. The molecule has 0 radical (unpaired) electrons. The summed E-state index contributed by atoms with van der Waals surface area (Å²) < 4.78 is 3.07. The van der Waals surface area contributed by atoms with Gasteiger partial charge in [-0.25, -0.2) is 9.50 Å². The van der Waals surface area contributed by atoms with Gasteiger partial charge in [-0.15, -0.1) is 10.2 Å². The first-order chi connectivity index (χ1) is 15.9. The van der Waals surface area contributed by atoms with Crippen molar-refractivity contribution in [2.75, 3.05) is 5.73 Å². The van der Waals surface area contributed by atoms with Crippen LogP contribution in [0.25, 0.3) is 22.1 Å². The fraction of sp³-hybridized carbons (Fsp3) is 0.130. The lowest BCUT2D eigenvalue weighted by Crippen LogP contribution is -2.24. The Kier molecular flexibility index (Phi) is 5.81. The third kappa shape index (κ3) is 4.01. The van der Waals surface area contributed by atoms with Crippen molar-refractivity contribution in [3.05, 3.63) is 88.4 Å². The number of primary amides is 1. The molecule has 0 spiro atoms. The minimum atomic E-state index is -0.625. The van der Waals surface area contributed by atoms with Crippen LogP contribution in [0.5, 0.6) is 0 Å². The maximum atomic E-state index is 12.9. The Morgan fingerprint density at radius 1 is 1.06 bits per heavy atom. The number of nitrogens with two attached hydrogens (primary N) is 2. The molecule has 0 fully saturated rings. The second-order valence-electron chi connectivity index (χ2n) is 7.26. The number of fused-ring (bicyclic) bond motifs is 2. The number of anilines is 1. The molecular weight excluding hydrogens is 420 g/mol. The summed E-state index contributed by atoms with van der Waals surface area (Å²) >= 11 is 0. The number of carbonyl (C=O) groups is 1. The van der Waals surface area contributed by atoms with E-state index in [1.54, 1.807) is 4.57 Å². The predicted molar refractivity (Wildman–Crippen MR) is 125 cm³/mol. The van der Waals surface area contributed by atoms with E-state index in [-0.39, 0.29) is 16.9 Å². The van der Waals surface area contributed by atoms with Crippen LogP contribution in [0.15, 0.2) is 65.8 Å². The van der Waals surface area contributed by atoms with Crippen LogP contribution in [0.4, 0.5) is 5.82 Å². The van der Waals surface area contributed by atoms with Crippen molar-refractivity contribution in [3.8, 4) is 5.69 Å². The van der Waals surface area contributed by atoms with E-state index in [2.05, 4.69) is 20.3 Å². The number of benzene rings is 2. The molecule has 2 aromatic carbocycles. The van der Waals surface area contributed by atoms with Crippen LogP contribution < -0.4 is 17.0 Å². The number of amides is 1. The molecule has 0 aliphatic heterocycles. The molecule has 0 aliphatic carbocycles. The summed E-state index contributed by atoms with van der Waals surface area (Å²) in [6, 6.07) is 15.5. The van der Waals surface area contributed by atoms with E-state index in [1.165, 1.54) is 17.0 Å². The molecule has 5 rings (SSSR count). The molecule has 33 heavy (non-hydrogen) atoms. The molecule has 4 N–H and O–H groups in total. The maximum Gasteiger partial charge on any atom is 0.266 e. The zero-order valence-corrected chi connectivity index (χ0v) is 18.1. The normalized spacial score (nSPS) is 10.7. The molecule has 10 nitrogen and oxygen atoms in total. The van der Waals surface area contributed by atoms with Crippen LogP contribution in [0.1, 0.15) is 28.7 Å². The first kappa shape index (κ1) is 21.6. The second kappa shape index (κ2) is 8.87. The Hall–Kier alpha value is -4.60. The average Bonchev–Trinajstić information content (AvgIpc) is 3.15. The highest BCUT2D eigenvalue weighted by molar-refractivity contribution is 6.03. The van der Waals surface area contributed by atoms with Crippen molar-refractivity contribution in [2.45, 2.75) is 20.3 Å². The number of aromatic nitrogens is 6. The molecule has 0 saturated heterocycles. The van der Waals surface area contributed by atoms with Gasteiger partial charge in [-0.3, -0.25) is 14.2 Å². The minimum Gasteiger partial charge on any atom is -0.382 e. The molecular formula is C23H22N8O2. The highest BCUT2D eigenvalue weighted by atomic mass is 16.1. The van der Waals surface area contributed by atoms with Gasteiger partial charge >= 0.3 is 0 Å². The van der Waals surface area contributed by atoms with Crippen LogP contribution >= 0.6 is 0 Å². The lowest BCUT2D eigenvalue weighted by Gasteiger charge is -2.13. The van der Waals surface area contributed by atoms with Crippen LogP contribution in [-0.2, 0) is 6.42 Å². The molecule has 0 bridgehead atoms. The van der Waals surface area contributed by atoms with E-state index in [9.17, 15) is 9.59 Å². The third-order valence-electron chi connectivity index (χ3n) is 5.13. The molecule has 5 aromatic rings. The number of aryl methyl sites for hydroxylation is 2. The summed E-state index contributed by atoms with van der Waals surface area (Å²) in [6.07, 6.45) is 3.44. The molecule has 3 aromatic heterocycles. The van der Waals surface area contributed by atoms with Gasteiger partial charge in [0, 0.05) is 6.42 Å². The van der Waals surface area contributed by atoms with Crippen molar-refractivity contribution in [3.63, 3.8) is 0 Å². The molecule has 3 heterocycles. The van der Waals surface area contributed by atoms with Crippen LogP contribution in [0.3, 0.4) is 0 Å². The Labute approximate surface area is 188 Å². The lowest BCUT2D eigenvalue weighted by molar-refractivity contribution is 0.100. The Morgan fingerprint density at radius 2 is 1.82 bits per heavy atom. The zero-order chi connectivity index (χ0) is 23.5. The van der Waals surface area contributed by atoms with Crippen molar-refractivity contribution < 1.29 is 4.79 Å². The summed E-state index contributed by atoms with van der Waals surface area (Å²) in [5.41, 5.74) is 13.8. The van der Waals surface area contributed by atoms with Gasteiger partial charge in [0.15, 0.2) is 5.82 Å². The van der Waals surface area contributed by atoms with E-state index in [0.717, 1.165) is 22.6 Å². The molecule has 0 unspecified atom stereocenters. The van der Waals surface area contributed by atoms with Crippen molar-refractivity contribution >= 4 is 28.1 Å². The van der Waals surface area contributed by atoms with Gasteiger partial charge in [0.2, 0.25) is 0 Å². The van der Waals surface area contributed by atoms with Crippen molar-refractivity contribution in [2.24, 2.45) is 5.73 Å². The Bertz CT molecular complexity index is 1520. The topological polar surface area (TPSA) is 147 Å². The fourth-order valence-electron chi connectivity index (χ4n) is 3.62. The molecule has 166 valence electrons. The molecule has 0 aliphatic rings. The SMILES string of the molecule is CCc1nc2cccc(C)c2c(=O)n1-c1ccccc1.NC(=O)c1c(N)nn2cnncc12. The number of nitrogens with zero attached hydrogens (tertiary/aromatic N) is 6. The third-order valence-corrected chi connectivity index (χ3v) is 5.13. The van der Waals surface area contributed by atoms with Gasteiger partial charge in [-0.2, -0.15) is 5.10 Å². The van der Waals surface area contributed by atoms with Gasteiger partial charge in [-0.1, -0.05) is 37.3 Å². The van der Waals surface area contributed by atoms with E-state index >= 15 is 0 Å². The molecule has 10 heteroatoms. The Balaban J connectivity index is 0.000000172. The maximum absolute atomic E-state index is 12.9. The lowest BCUT2D eigenvalue weighted by atomic mass is 10.1. The van der Waals surface area contributed by atoms with Crippen LogP contribution in [-0.4, -0.2) is 35.3 Å². The van der Waals surface area contributed by atoms with Crippen molar-refractivity contribution in [1.29, 1.82) is 0 Å². The summed E-state index contributed by atoms with van der Waals surface area (Å²) in [5, 5.41) is 11.7. The van der Waals surface area contributed by atoms with E-state index in [4.69, 9.17) is 11.5 Å². The number of para-hydroxylation sites is 1. The van der Waals surface area contributed by atoms with Gasteiger partial charge in [-0.05, 0) is 30.7 Å². The Morgan fingerprint density at radius 3 is 2.52 bits per heavy atom. The summed E-state index contributed by atoms with van der Waals surface area (Å²) in [4.78, 5) is 28.4. The number of hydrogen-bond donors (Lipinski definition) is 2. The molecule has 0 saturated carbocycles. The number of rotatable bonds is 3. The smallest absolute Gasteiger partial charge is 0.266 e. The number of carbonyl (C=O) groups excluding carboxylic acids is 1. The number of nitrogen functional groups attached to an aromatic ring is 1. The first-order valence-corrected chi connectivity index (χ1v) is 10.2. The summed E-state index contributed by atoms with van der Waals surface area (Å²) in [6.45, 7) is 3.97. The minimum absolute atomic E-state index is 0.0103. The van der Waals surface area contributed by atoms with Crippen LogP contribution in [0, 0.1) is 6.92 Å². The summed E-state index contributed by atoms with van der Waals surface area (Å²) in [5.74, 6) is 0.252. The second-order valence-corrected chi connectivity index (χ2v) is 7.26. The van der Waals surface area contributed by atoms with Gasteiger partial charge < -0.3 is 11.5 Å². The quantitative estimate of drug-likeness (QED) is 0.434.